The second-order valence-electron chi connectivity index (χ2n) is 4.87. The van der Waals surface area contributed by atoms with E-state index in [-0.39, 0.29) is 11.9 Å². The molecule has 4 heteroatoms. The number of amides is 1. The van der Waals surface area contributed by atoms with Crippen LogP contribution in [-0.2, 0) is 21.7 Å². The quantitative estimate of drug-likeness (QED) is 0.843. The minimum Gasteiger partial charge on any atom is -0.374 e. The number of carbonyl (C=O) groups is 1. The topological polar surface area (TPSA) is 64.3 Å². The van der Waals surface area contributed by atoms with Gasteiger partial charge in [-0.05, 0) is 24.5 Å². The minimum absolute atomic E-state index is 0.201. The molecular weight excluding hydrogens is 228 g/mol. The predicted octanol–water partition coefficient (Wildman–Crippen LogP) is 1.29. The molecule has 0 saturated heterocycles. The summed E-state index contributed by atoms with van der Waals surface area (Å²) in [6.07, 6.45) is 0.928. The molecule has 2 atom stereocenters. The van der Waals surface area contributed by atoms with Crippen LogP contribution in [0.1, 0.15) is 31.4 Å². The van der Waals surface area contributed by atoms with E-state index in [0.717, 1.165) is 17.5 Å². The summed E-state index contributed by atoms with van der Waals surface area (Å²) in [5.74, 6) is -0.380. The van der Waals surface area contributed by atoms with Crippen LogP contribution in [0.15, 0.2) is 24.3 Å². The molecule has 1 aromatic rings. The molecule has 2 rings (SSSR count). The molecule has 1 aliphatic heterocycles. The maximum absolute atomic E-state index is 12.0. The second kappa shape index (κ2) is 5.08. The number of nitrogens with two attached hydrogens (primary N) is 1. The van der Waals surface area contributed by atoms with Crippen molar-refractivity contribution < 1.29 is 9.53 Å². The highest BCUT2D eigenvalue weighted by Crippen LogP contribution is 2.31. The number of rotatable bonds is 4. The Bertz CT molecular complexity index is 447. The Morgan fingerprint density at radius 1 is 1.56 bits per heavy atom. The monoisotopic (exact) mass is 248 g/mol. The van der Waals surface area contributed by atoms with Gasteiger partial charge in [0.05, 0.1) is 13.2 Å². The molecule has 1 aromatic carbocycles. The number of hydrogen-bond acceptors (Lipinski definition) is 3. The second-order valence-corrected chi connectivity index (χ2v) is 4.87. The van der Waals surface area contributed by atoms with E-state index in [9.17, 15) is 4.79 Å². The van der Waals surface area contributed by atoms with Crippen LogP contribution >= 0.6 is 0 Å². The van der Waals surface area contributed by atoms with E-state index >= 15 is 0 Å². The summed E-state index contributed by atoms with van der Waals surface area (Å²) in [6.45, 7) is 4.95. The number of nitrogens with one attached hydrogen (secondary N) is 1. The van der Waals surface area contributed by atoms with E-state index in [1.165, 1.54) is 0 Å². The lowest BCUT2D eigenvalue weighted by Gasteiger charge is -2.39. The summed E-state index contributed by atoms with van der Waals surface area (Å²) in [4.78, 5) is 12.0. The number of fused-ring (bicyclic) bond motifs is 1. The van der Waals surface area contributed by atoms with E-state index in [1.54, 1.807) is 0 Å². The summed E-state index contributed by atoms with van der Waals surface area (Å²) >= 11 is 0. The van der Waals surface area contributed by atoms with Crippen LogP contribution in [0.5, 0.6) is 0 Å². The zero-order valence-electron chi connectivity index (χ0n) is 10.9. The first-order chi connectivity index (χ1) is 8.60. The molecule has 0 saturated carbocycles. The average Bonchev–Trinajstić information content (AvgIpc) is 2.38. The fraction of sp³-hybridized carbons (Fsp3) is 0.500. The van der Waals surface area contributed by atoms with Crippen molar-refractivity contribution in [2.24, 2.45) is 5.73 Å². The number of carbonyl (C=O) groups excluding carboxylic acids is 1. The lowest BCUT2D eigenvalue weighted by molar-refractivity contribution is -0.129. The first kappa shape index (κ1) is 13.1. The number of primary amides is 1. The molecule has 0 radical (unpaired) electrons. The molecule has 0 aromatic heterocycles. The molecule has 0 fully saturated rings. The molecule has 1 heterocycles. The Morgan fingerprint density at radius 3 is 2.94 bits per heavy atom. The number of benzene rings is 1. The predicted molar refractivity (Wildman–Crippen MR) is 69.9 cm³/mol. The van der Waals surface area contributed by atoms with Crippen LogP contribution in [0.2, 0.25) is 0 Å². The Labute approximate surface area is 108 Å². The Morgan fingerprint density at radius 2 is 2.28 bits per heavy atom. The van der Waals surface area contributed by atoms with E-state index in [4.69, 9.17) is 10.5 Å². The van der Waals surface area contributed by atoms with E-state index in [0.29, 0.717) is 13.2 Å². The highest BCUT2D eigenvalue weighted by molar-refractivity contribution is 5.87. The Balaban J connectivity index is 2.46. The summed E-state index contributed by atoms with van der Waals surface area (Å²) in [5, 5.41) is 3.34. The van der Waals surface area contributed by atoms with Gasteiger partial charge in [0.2, 0.25) is 5.91 Å². The van der Waals surface area contributed by atoms with Gasteiger partial charge in [-0.3, -0.25) is 10.1 Å². The molecule has 0 aliphatic carbocycles. The molecule has 18 heavy (non-hydrogen) atoms. The van der Waals surface area contributed by atoms with Crippen LogP contribution in [-0.4, -0.2) is 18.6 Å². The smallest absolute Gasteiger partial charge is 0.244 e. The molecular formula is C14H20N2O2. The largest absolute Gasteiger partial charge is 0.374 e. The van der Waals surface area contributed by atoms with Gasteiger partial charge in [-0.2, -0.15) is 0 Å². The molecule has 1 aliphatic rings. The zero-order chi connectivity index (χ0) is 13.2. The normalized spacial score (nSPS) is 24.3. The standard InChI is InChI=1S/C14H20N2O2/c1-3-10(2)16-14(13(15)17)9-18-8-11-6-4-5-7-12(11)14/h4-7,10,16H,3,8-9H2,1-2H3,(H2,15,17). The Hall–Kier alpha value is -1.39. The zero-order valence-corrected chi connectivity index (χ0v) is 10.9. The summed E-state index contributed by atoms with van der Waals surface area (Å²) in [7, 11) is 0. The van der Waals surface area contributed by atoms with Crippen molar-refractivity contribution in [2.75, 3.05) is 6.61 Å². The van der Waals surface area contributed by atoms with Gasteiger partial charge in [-0.25, -0.2) is 0 Å². The third kappa shape index (κ3) is 2.13. The van der Waals surface area contributed by atoms with E-state index in [2.05, 4.69) is 12.2 Å². The molecule has 0 spiro atoms. The summed E-state index contributed by atoms with van der Waals surface area (Å²) in [5.41, 5.74) is 6.71. The van der Waals surface area contributed by atoms with Crippen molar-refractivity contribution in [3.8, 4) is 0 Å². The van der Waals surface area contributed by atoms with Crippen molar-refractivity contribution in [3.05, 3.63) is 35.4 Å². The van der Waals surface area contributed by atoms with Crippen LogP contribution in [0.3, 0.4) is 0 Å². The Kier molecular flexibility index (Phi) is 3.68. The van der Waals surface area contributed by atoms with Crippen molar-refractivity contribution >= 4 is 5.91 Å². The van der Waals surface area contributed by atoms with Gasteiger partial charge in [0.15, 0.2) is 0 Å². The summed E-state index contributed by atoms with van der Waals surface area (Å²) in [6, 6.07) is 8.01. The fourth-order valence-electron chi connectivity index (χ4n) is 2.37. The van der Waals surface area contributed by atoms with Crippen molar-refractivity contribution in [1.29, 1.82) is 0 Å². The fourth-order valence-corrected chi connectivity index (χ4v) is 2.37. The van der Waals surface area contributed by atoms with Crippen LogP contribution in [0, 0.1) is 0 Å². The number of ether oxygens (including phenoxy) is 1. The lowest BCUT2D eigenvalue weighted by Crippen LogP contribution is -2.60. The van der Waals surface area contributed by atoms with Gasteiger partial charge in [0, 0.05) is 6.04 Å². The molecule has 2 unspecified atom stereocenters. The maximum Gasteiger partial charge on any atom is 0.244 e. The molecule has 98 valence electrons. The average molecular weight is 248 g/mol. The highest BCUT2D eigenvalue weighted by Gasteiger charge is 2.43. The van der Waals surface area contributed by atoms with Crippen LogP contribution in [0.25, 0.3) is 0 Å². The third-order valence-electron chi connectivity index (χ3n) is 3.58. The van der Waals surface area contributed by atoms with Crippen molar-refractivity contribution in [2.45, 2.75) is 38.5 Å². The van der Waals surface area contributed by atoms with Gasteiger partial charge in [0.1, 0.15) is 5.54 Å². The van der Waals surface area contributed by atoms with Gasteiger partial charge in [0.25, 0.3) is 0 Å². The van der Waals surface area contributed by atoms with E-state index in [1.807, 2.05) is 31.2 Å². The van der Waals surface area contributed by atoms with Crippen LogP contribution in [0.4, 0.5) is 0 Å². The SMILES string of the molecule is CCC(C)NC1(C(N)=O)COCc2ccccc21. The minimum atomic E-state index is -0.899. The number of hydrogen-bond donors (Lipinski definition) is 2. The van der Waals surface area contributed by atoms with Gasteiger partial charge < -0.3 is 10.5 Å². The van der Waals surface area contributed by atoms with Crippen molar-refractivity contribution in [3.63, 3.8) is 0 Å². The van der Waals surface area contributed by atoms with Gasteiger partial charge >= 0.3 is 0 Å². The van der Waals surface area contributed by atoms with Crippen LogP contribution < -0.4 is 11.1 Å². The molecule has 4 nitrogen and oxygen atoms in total. The van der Waals surface area contributed by atoms with E-state index < -0.39 is 5.54 Å². The van der Waals surface area contributed by atoms with Gasteiger partial charge in [-0.15, -0.1) is 0 Å². The van der Waals surface area contributed by atoms with Crippen molar-refractivity contribution in [1.82, 2.24) is 5.32 Å². The summed E-state index contributed by atoms with van der Waals surface area (Å²) < 4.78 is 5.56. The molecule has 3 N–H and O–H groups in total. The first-order valence-corrected chi connectivity index (χ1v) is 6.34. The maximum atomic E-state index is 12.0. The highest BCUT2D eigenvalue weighted by atomic mass is 16.5. The van der Waals surface area contributed by atoms with Gasteiger partial charge in [-0.1, -0.05) is 31.2 Å². The first-order valence-electron chi connectivity index (χ1n) is 6.34. The lowest BCUT2D eigenvalue weighted by atomic mass is 9.84. The third-order valence-corrected chi connectivity index (χ3v) is 3.58. The molecule has 0 bridgehead atoms. The molecule has 1 amide bonds.